The monoisotopic (exact) mass is 245 g/mol. The zero-order chi connectivity index (χ0) is 11.3. The Hall–Kier alpha value is -1.01. The van der Waals surface area contributed by atoms with Crippen LogP contribution >= 0.6 is 11.8 Å². The molecule has 0 heterocycles. The van der Waals surface area contributed by atoms with Gasteiger partial charge in [-0.1, -0.05) is 18.2 Å². The van der Waals surface area contributed by atoms with E-state index in [1.165, 1.54) is 23.9 Å². The summed E-state index contributed by atoms with van der Waals surface area (Å²) in [5.41, 5.74) is 0. The van der Waals surface area contributed by atoms with Crippen molar-refractivity contribution < 1.29 is 13.2 Å². The first-order chi connectivity index (χ1) is 7.06. The first kappa shape index (κ1) is 12.1. The van der Waals surface area contributed by atoms with Gasteiger partial charge in [0.1, 0.15) is 0 Å². The second-order valence-corrected chi connectivity index (χ2v) is 5.32. The molecule has 0 aliphatic rings. The Morgan fingerprint density at radius 1 is 1.33 bits per heavy atom. The lowest BCUT2D eigenvalue weighted by Crippen LogP contribution is -2.31. The Bertz CT molecular complexity index is 428. The second kappa shape index (κ2) is 5.18. The molecule has 0 aliphatic heterocycles. The van der Waals surface area contributed by atoms with Crippen LogP contribution in [0.2, 0.25) is 0 Å². The van der Waals surface area contributed by atoms with Crippen LogP contribution < -0.4 is 4.72 Å². The Kier molecular flexibility index (Phi) is 4.16. The minimum atomic E-state index is -3.69. The van der Waals surface area contributed by atoms with Crippen LogP contribution in [0.4, 0.5) is 0 Å². The molecular weight excluding hydrogens is 234 g/mol. The predicted molar refractivity (Wildman–Crippen MR) is 60.2 cm³/mol. The molecule has 0 saturated heterocycles. The molecule has 0 saturated carbocycles. The summed E-state index contributed by atoms with van der Waals surface area (Å²) in [5, 5.41) is 0. The topological polar surface area (TPSA) is 63.2 Å². The molecular formula is C9H11NO3S2. The van der Waals surface area contributed by atoms with Gasteiger partial charge in [-0.3, -0.25) is 4.79 Å². The van der Waals surface area contributed by atoms with Gasteiger partial charge in [-0.05, 0) is 18.4 Å². The maximum atomic E-state index is 11.6. The number of carbonyl (C=O) groups is 1. The molecule has 0 fully saturated rings. The SMILES string of the molecule is CSCC(=O)NS(=O)(=O)c1ccccc1. The van der Waals surface area contributed by atoms with E-state index < -0.39 is 15.9 Å². The van der Waals surface area contributed by atoms with E-state index in [0.29, 0.717) is 0 Å². The van der Waals surface area contributed by atoms with E-state index in [4.69, 9.17) is 0 Å². The van der Waals surface area contributed by atoms with Gasteiger partial charge in [0.15, 0.2) is 0 Å². The third kappa shape index (κ3) is 3.56. The number of hydrogen-bond acceptors (Lipinski definition) is 4. The molecule has 4 nitrogen and oxygen atoms in total. The van der Waals surface area contributed by atoms with Gasteiger partial charge in [0.05, 0.1) is 10.6 Å². The largest absolute Gasteiger partial charge is 0.273 e. The van der Waals surface area contributed by atoms with Crippen molar-refractivity contribution in [1.82, 2.24) is 4.72 Å². The van der Waals surface area contributed by atoms with Crippen LogP contribution in [0.1, 0.15) is 0 Å². The van der Waals surface area contributed by atoms with E-state index >= 15 is 0 Å². The lowest BCUT2D eigenvalue weighted by molar-refractivity contribution is -0.116. The average Bonchev–Trinajstić information content (AvgIpc) is 2.18. The number of sulfonamides is 1. The fourth-order valence-electron chi connectivity index (χ4n) is 0.969. The highest BCUT2D eigenvalue weighted by Crippen LogP contribution is 2.07. The van der Waals surface area contributed by atoms with Crippen LogP contribution in [-0.2, 0) is 14.8 Å². The standard InChI is InChI=1S/C9H11NO3S2/c1-14-7-9(11)10-15(12,13)8-5-3-2-4-6-8/h2-6H,7H2,1H3,(H,10,11). The van der Waals surface area contributed by atoms with E-state index in [0.717, 1.165) is 0 Å². The zero-order valence-corrected chi connectivity index (χ0v) is 9.77. The Labute approximate surface area is 93.1 Å². The smallest absolute Gasteiger partial charge is 0.264 e. The summed E-state index contributed by atoms with van der Waals surface area (Å²) < 4.78 is 25.1. The molecule has 1 rings (SSSR count). The number of thioether (sulfide) groups is 1. The van der Waals surface area contributed by atoms with Gasteiger partial charge < -0.3 is 0 Å². The number of carbonyl (C=O) groups excluding carboxylic acids is 1. The van der Waals surface area contributed by atoms with Crippen LogP contribution in [0.3, 0.4) is 0 Å². The molecule has 1 aromatic rings. The van der Waals surface area contributed by atoms with Crippen LogP contribution in [0.25, 0.3) is 0 Å². The highest BCUT2D eigenvalue weighted by molar-refractivity contribution is 7.99. The van der Waals surface area contributed by atoms with Crippen LogP contribution in [-0.4, -0.2) is 26.3 Å². The molecule has 0 unspecified atom stereocenters. The molecule has 0 atom stereocenters. The molecule has 15 heavy (non-hydrogen) atoms. The van der Waals surface area contributed by atoms with Crippen molar-refractivity contribution in [2.75, 3.05) is 12.0 Å². The first-order valence-corrected chi connectivity index (χ1v) is 7.03. The van der Waals surface area contributed by atoms with Crippen molar-refractivity contribution in [3.05, 3.63) is 30.3 Å². The lowest BCUT2D eigenvalue weighted by atomic mass is 10.4. The highest BCUT2D eigenvalue weighted by atomic mass is 32.2. The van der Waals surface area contributed by atoms with Crippen molar-refractivity contribution in [2.45, 2.75) is 4.90 Å². The average molecular weight is 245 g/mol. The summed E-state index contributed by atoms with van der Waals surface area (Å²) >= 11 is 1.27. The Morgan fingerprint density at radius 3 is 2.47 bits per heavy atom. The summed E-state index contributed by atoms with van der Waals surface area (Å²) in [7, 11) is -3.69. The second-order valence-electron chi connectivity index (χ2n) is 2.77. The van der Waals surface area contributed by atoms with Crippen LogP contribution in [0, 0.1) is 0 Å². The highest BCUT2D eigenvalue weighted by Gasteiger charge is 2.16. The van der Waals surface area contributed by atoms with Gasteiger partial charge in [0.25, 0.3) is 10.0 Å². The minimum Gasteiger partial charge on any atom is -0.273 e. The molecule has 82 valence electrons. The minimum absolute atomic E-state index is 0.0967. The van der Waals surface area contributed by atoms with Gasteiger partial charge in [-0.2, -0.15) is 11.8 Å². The number of rotatable bonds is 4. The maximum absolute atomic E-state index is 11.6. The molecule has 1 amide bonds. The summed E-state index contributed by atoms with van der Waals surface area (Å²) in [4.78, 5) is 11.2. The molecule has 0 bridgehead atoms. The normalized spacial score (nSPS) is 11.0. The zero-order valence-electron chi connectivity index (χ0n) is 8.14. The number of amides is 1. The van der Waals surface area contributed by atoms with Gasteiger partial charge in [-0.25, -0.2) is 13.1 Å². The summed E-state index contributed by atoms with van der Waals surface area (Å²) in [5.74, 6) is -0.377. The van der Waals surface area contributed by atoms with Crippen LogP contribution in [0.15, 0.2) is 35.2 Å². The van der Waals surface area contributed by atoms with E-state index in [-0.39, 0.29) is 10.6 Å². The van der Waals surface area contributed by atoms with Gasteiger partial charge in [-0.15, -0.1) is 0 Å². The fraction of sp³-hybridized carbons (Fsp3) is 0.222. The Balaban J connectivity index is 2.81. The number of benzene rings is 1. The predicted octanol–water partition coefficient (Wildman–Crippen LogP) is 0.855. The maximum Gasteiger partial charge on any atom is 0.264 e. The van der Waals surface area contributed by atoms with Gasteiger partial charge in [0.2, 0.25) is 5.91 Å². The quantitative estimate of drug-likeness (QED) is 0.854. The Morgan fingerprint density at radius 2 is 1.93 bits per heavy atom. The molecule has 1 N–H and O–H groups in total. The van der Waals surface area contributed by atoms with Crippen molar-refractivity contribution >= 4 is 27.7 Å². The fourth-order valence-corrected chi connectivity index (χ4v) is 2.40. The summed E-state index contributed by atoms with van der Waals surface area (Å²) in [6.07, 6.45) is 1.73. The number of nitrogens with one attached hydrogen (secondary N) is 1. The molecule has 0 radical (unpaired) electrons. The lowest BCUT2D eigenvalue weighted by Gasteiger charge is -2.05. The van der Waals surface area contributed by atoms with Gasteiger partial charge >= 0.3 is 0 Å². The first-order valence-electron chi connectivity index (χ1n) is 4.16. The van der Waals surface area contributed by atoms with Gasteiger partial charge in [0, 0.05) is 0 Å². The molecule has 1 aromatic carbocycles. The van der Waals surface area contributed by atoms with Crippen molar-refractivity contribution in [3.8, 4) is 0 Å². The molecule has 0 aromatic heterocycles. The van der Waals surface area contributed by atoms with E-state index in [2.05, 4.69) is 0 Å². The third-order valence-corrected chi connectivity index (χ3v) is 3.52. The van der Waals surface area contributed by atoms with E-state index in [9.17, 15) is 13.2 Å². The van der Waals surface area contributed by atoms with Crippen molar-refractivity contribution in [2.24, 2.45) is 0 Å². The third-order valence-electron chi connectivity index (χ3n) is 1.58. The summed E-state index contributed by atoms with van der Waals surface area (Å²) in [6.45, 7) is 0. The van der Waals surface area contributed by atoms with Crippen LogP contribution in [0.5, 0.6) is 0 Å². The van der Waals surface area contributed by atoms with Crippen molar-refractivity contribution in [3.63, 3.8) is 0 Å². The molecule has 0 aliphatic carbocycles. The van der Waals surface area contributed by atoms with Crippen molar-refractivity contribution in [1.29, 1.82) is 0 Å². The summed E-state index contributed by atoms with van der Waals surface area (Å²) in [6, 6.07) is 7.80. The van der Waals surface area contributed by atoms with E-state index in [1.807, 2.05) is 4.72 Å². The molecule has 6 heteroatoms. The molecule has 0 spiro atoms. The van der Waals surface area contributed by atoms with E-state index in [1.54, 1.807) is 24.5 Å². The number of hydrogen-bond donors (Lipinski definition) is 1.